The van der Waals surface area contributed by atoms with E-state index in [9.17, 15) is 9.59 Å². The van der Waals surface area contributed by atoms with Gasteiger partial charge in [0.1, 0.15) is 0 Å². The molecule has 2 unspecified atom stereocenters. The molecule has 2 atom stereocenters. The maximum absolute atomic E-state index is 11.7. The van der Waals surface area contributed by atoms with Crippen molar-refractivity contribution in [3.8, 4) is 0 Å². The van der Waals surface area contributed by atoms with E-state index in [4.69, 9.17) is 4.74 Å². The maximum atomic E-state index is 11.7. The number of ether oxygens (including phenoxy) is 1. The zero-order valence-corrected chi connectivity index (χ0v) is 15.3. The van der Waals surface area contributed by atoms with Crippen LogP contribution < -0.4 is 0 Å². The molecule has 0 N–H and O–H groups in total. The van der Waals surface area contributed by atoms with Gasteiger partial charge >= 0.3 is 11.9 Å². The van der Waals surface area contributed by atoms with E-state index in [1.807, 2.05) is 0 Å². The van der Waals surface area contributed by atoms with Gasteiger partial charge in [0.25, 0.3) is 0 Å². The minimum absolute atomic E-state index is 0.168. The molecule has 0 aliphatic carbocycles. The summed E-state index contributed by atoms with van der Waals surface area (Å²) < 4.78 is 4.69. The van der Waals surface area contributed by atoms with Crippen molar-refractivity contribution in [2.45, 2.75) is 104 Å². The van der Waals surface area contributed by atoms with Crippen molar-refractivity contribution in [2.75, 3.05) is 0 Å². The van der Waals surface area contributed by atoms with Crippen molar-refractivity contribution < 1.29 is 14.3 Å². The summed E-state index contributed by atoms with van der Waals surface area (Å²) >= 11 is 0. The minimum Gasteiger partial charge on any atom is -0.393 e. The highest BCUT2D eigenvalue weighted by Gasteiger charge is 2.34. The molecule has 3 nitrogen and oxygen atoms in total. The van der Waals surface area contributed by atoms with Gasteiger partial charge in [0, 0.05) is 0 Å². The Labute approximate surface area is 142 Å². The number of hydrogen-bond acceptors (Lipinski definition) is 3. The average molecular weight is 325 g/mol. The zero-order chi connectivity index (χ0) is 16.9. The Balaban J connectivity index is 2.18. The predicted octanol–water partition coefficient (Wildman–Crippen LogP) is 5.80. The monoisotopic (exact) mass is 324 g/mol. The summed E-state index contributed by atoms with van der Waals surface area (Å²) in [5, 5.41) is 0. The lowest BCUT2D eigenvalue weighted by atomic mass is 9.86. The van der Waals surface area contributed by atoms with Crippen LogP contribution in [-0.2, 0) is 14.3 Å². The third-order valence-corrected chi connectivity index (χ3v) is 5.01. The van der Waals surface area contributed by atoms with Gasteiger partial charge in [-0.1, -0.05) is 90.9 Å². The summed E-state index contributed by atoms with van der Waals surface area (Å²) in [6.07, 6.45) is 16.7. The van der Waals surface area contributed by atoms with E-state index >= 15 is 0 Å². The lowest BCUT2D eigenvalue weighted by Gasteiger charge is -2.18. The van der Waals surface area contributed by atoms with Gasteiger partial charge in [-0.3, -0.25) is 9.59 Å². The molecule has 0 aromatic carbocycles. The van der Waals surface area contributed by atoms with Gasteiger partial charge in [-0.15, -0.1) is 0 Å². The molecule has 1 rings (SSSR count). The SMILES string of the molecule is CCCCCCCCCCC(CCCC)CC1CC(=O)OC1=O. The molecular formula is C20H36O3. The Hall–Kier alpha value is -0.860. The fourth-order valence-electron chi connectivity index (χ4n) is 3.54. The number of rotatable bonds is 14. The Morgan fingerprint density at radius 3 is 2.00 bits per heavy atom. The topological polar surface area (TPSA) is 43.4 Å². The van der Waals surface area contributed by atoms with Crippen LogP contribution in [0.4, 0.5) is 0 Å². The van der Waals surface area contributed by atoms with Crippen LogP contribution in [0.15, 0.2) is 0 Å². The molecule has 1 aliphatic rings. The summed E-state index contributed by atoms with van der Waals surface area (Å²) in [6, 6.07) is 0. The summed E-state index contributed by atoms with van der Waals surface area (Å²) in [7, 11) is 0. The second-order valence-corrected chi connectivity index (χ2v) is 7.20. The highest BCUT2D eigenvalue weighted by Crippen LogP contribution is 2.29. The van der Waals surface area contributed by atoms with Crippen molar-refractivity contribution in [2.24, 2.45) is 11.8 Å². The van der Waals surface area contributed by atoms with Crippen LogP contribution >= 0.6 is 0 Å². The Kier molecular flexibility index (Phi) is 11.0. The highest BCUT2D eigenvalue weighted by atomic mass is 16.6. The molecule has 3 heteroatoms. The standard InChI is InChI=1S/C20H36O3/c1-3-5-7-8-9-10-11-12-14-17(13-6-4-2)15-18-16-19(21)23-20(18)22/h17-18H,3-16H2,1-2H3. The Morgan fingerprint density at radius 2 is 1.43 bits per heavy atom. The molecule has 1 heterocycles. The molecule has 0 amide bonds. The summed E-state index contributed by atoms with van der Waals surface area (Å²) in [4.78, 5) is 22.9. The molecular weight excluding hydrogens is 288 g/mol. The van der Waals surface area contributed by atoms with E-state index in [1.165, 1.54) is 77.0 Å². The third kappa shape index (κ3) is 9.12. The van der Waals surface area contributed by atoms with Crippen molar-refractivity contribution in [1.29, 1.82) is 0 Å². The molecule has 0 radical (unpaired) electrons. The van der Waals surface area contributed by atoms with E-state index in [1.54, 1.807) is 0 Å². The van der Waals surface area contributed by atoms with Crippen molar-refractivity contribution in [3.05, 3.63) is 0 Å². The van der Waals surface area contributed by atoms with Crippen molar-refractivity contribution in [1.82, 2.24) is 0 Å². The molecule has 23 heavy (non-hydrogen) atoms. The number of esters is 2. The Morgan fingerprint density at radius 1 is 0.870 bits per heavy atom. The predicted molar refractivity (Wildman–Crippen MR) is 94.1 cm³/mol. The van der Waals surface area contributed by atoms with Crippen LogP contribution in [0.1, 0.15) is 104 Å². The van der Waals surface area contributed by atoms with Gasteiger partial charge in [-0.25, -0.2) is 0 Å². The van der Waals surface area contributed by atoms with Gasteiger partial charge in [0.15, 0.2) is 0 Å². The number of cyclic esters (lactones) is 2. The molecule has 0 saturated carbocycles. The first-order valence-electron chi connectivity index (χ1n) is 9.91. The van der Waals surface area contributed by atoms with Crippen LogP contribution in [0.2, 0.25) is 0 Å². The maximum Gasteiger partial charge on any atom is 0.317 e. The molecule has 0 spiro atoms. The van der Waals surface area contributed by atoms with E-state index in [0.717, 1.165) is 6.42 Å². The molecule has 1 saturated heterocycles. The third-order valence-electron chi connectivity index (χ3n) is 5.01. The molecule has 0 aromatic rings. The van der Waals surface area contributed by atoms with Crippen molar-refractivity contribution >= 4 is 11.9 Å². The summed E-state index contributed by atoms with van der Waals surface area (Å²) in [5.74, 6) is -0.203. The van der Waals surface area contributed by atoms with Crippen LogP contribution in [0.3, 0.4) is 0 Å². The molecule has 134 valence electrons. The quantitative estimate of drug-likeness (QED) is 0.230. The van der Waals surface area contributed by atoms with Crippen LogP contribution in [-0.4, -0.2) is 11.9 Å². The number of unbranched alkanes of at least 4 members (excludes halogenated alkanes) is 8. The van der Waals surface area contributed by atoms with Crippen LogP contribution in [0, 0.1) is 11.8 Å². The normalized spacial score (nSPS) is 19.1. The van der Waals surface area contributed by atoms with Crippen LogP contribution in [0.25, 0.3) is 0 Å². The zero-order valence-electron chi connectivity index (χ0n) is 15.3. The number of hydrogen-bond donors (Lipinski definition) is 0. The first-order chi connectivity index (χ1) is 11.2. The van der Waals surface area contributed by atoms with Gasteiger partial charge in [-0.05, 0) is 12.3 Å². The number of carbonyl (C=O) groups is 2. The second-order valence-electron chi connectivity index (χ2n) is 7.20. The first kappa shape index (κ1) is 20.2. The fourth-order valence-corrected chi connectivity index (χ4v) is 3.54. The fraction of sp³-hybridized carbons (Fsp3) is 0.900. The average Bonchev–Trinajstić information content (AvgIpc) is 2.84. The second kappa shape index (κ2) is 12.5. The largest absolute Gasteiger partial charge is 0.393 e. The summed E-state index contributed by atoms with van der Waals surface area (Å²) in [5.41, 5.74) is 0. The van der Waals surface area contributed by atoms with E-state index < -0.39 is 0 Å². The van der Waals surface area contributed by atoms with E-state index in [0.29, 0.717) is 12.3 Å². The van der Waals surface area contributed by atoms with E-state index in [2.05, 4.69) is 13.8 Å². The minimum atomic E-state index is -0.332. The van der Waals surface area contributed by atoms with Gasteiger partial charge in [0.2, 0.25) is 0 Å². The molecule has 1 fully saturated rings. The smallest absolute Gasteiger partial charge is 0.317 e. The highest BCUT2D eigenvalue weighted by molar-refractivity contribution is 5.94. The summed E-state index contributed by atoms with van der Waals surface area (Å²) in [6.45, 7) is 4.46. The Bertz CT molecular complexity index is 338. The van der Waals surface area contributed by atoms with E-state index in [-0.39, 0.29) is 17.9 Å². The van der Waals surface area contributed by atoms with Gasteiger partial charge < -0.3 is 4.74 Å². The number of carbonyl (C=O) groups excluding carboxylic acids is 2. The van der Waals surface area contributed by atoms with Gasteiger partial charge in [-0.2, -0.15) is 0 Å². The molecule has 0 aromatic heterocycles. The first-order valence-corrected chi connectivity index (χ1v) is 9.91. The lowest BCUT2D eigenvalue weighted by molar-refractivity contribution is -0.153. The van der Waals surface area contributed by atoms with Crippen LogP contribution in [0.5, 0.6) is 0 Å². The molecule has 0 bridgehead atoms. The molecule has 1 aliphatic heterocycles. The lowest BCUT2D eigenvalue weighted by Crippen LogP contribution is -2.14. The van der Waals surface area contributed by atoms with Crippen molar-refractivity contribution in [3.63, 3.8) is 0 Å². The van der Waals surface area contributed by atoms with Gasteiger partial charge in [0.05, 0.1) is 12.3 Å².